The summed E-state index contributed by atoms with van der Waals surface area (Å²) >= 11 is 0. The maximum Gasteiger partial charge on any atom is 0.121 e. The zero-order valence-electron chi connectivity index (χ0n) is 10.5. The van der Waals surface area contributed by atoms with Crippen molar-refractivity contribution in [3.8, 4) is 11.8 Å². The van der Waals surface area contributed by atoms with Crippen molar-refractivity contribution in [3.05, 3.63) is 23.8 Å². The number of ether oxygens (including phenoxy) is 1. The number of hydrogen-bond acceptors (Lipinski definition) is 4. The van der Waals surface area contributed by atoms with Gasteiger partial charge in [-0.05, 0) is 37.3 Å². The van der Waals surface area contributed by atoms with Crippen molar-refractivity contribution in [1.29, 1.82) is 5.26 Å². The number of nitrogens with one attached hydrogen (secondary N) is 1. The molecular formula is C14H18N2O2. The molecule has 2 rings (SSSR count). The average molecular weight is 246 g/mol. The summed E-state index contributed by atoms with van der Waals surface area (Å²) in [4.78, 5) is 0. The van der Waals surface area contributed by atoms with Crippen LogP contribution in [-0.4, -0.2) is 24.9 Å². The molecule has 96 valence electrons. The third-order valence-corrected chi connectivity index (χ3v) is 3.44. The lowest BCUT2D eigenvalue weighted by molar-refractivity contribution is 0.178. The minimum Gasteiger partial charge on any atom is -0.497 e. The topological polar surface area (TPSA) is 65.3 Å². The van der Waals surface area contributed by atoms with Gasteiger partial charge in [-0.25, -0.2) is 0 Å². The number of hydrogen-bond donors (Lipinski definition) is 2. The highest BCUT2D eigenvalue weighted by atomic mass is 16.5. The largest absolute Gasteiger partial charge is 0.497 e. The van der Waals surface area contributed by atoms with Gasteiger partial charge in [0.1, 0.15) is 11.8 Å². The molecule has 1 aromatic carbocycles. The smallest absolute Gasteiger partial charge is 0.121 e. The van der Waals surface area contributed by atoms with Crippen molar-refractivity contribution < 1.29 is 9.84 Å². The van der Waals surface area contributed by atoms with Gasteiger partial charge in [0.05, 0.1) is 24.5 Å². The Hall–Kier alpha value is -1.73. The number of methoxy groups -OCH3 is 1. The lowest BCUT2D eigenvalue weighted by Crippen LogP contribution is -2.13. The second-order valence-corrected chi connectivity index (χ2v) is 4.74. The Balaban J connectivity index is 2.01. The Morgan fingerprint density at radius 3 is 2.94 bits per heavy atom. The van der Waals surface area contributed by atoms with Crippen LogP contribution in [0.3, 0.4) is 0 Å². The summed E-state index contributed by atoms with van der Waals surface area (Å²) in [6.45, 7) is 0.791. The molecule has 4 nitrogen and oxygen atoms in total. The zero-order valence-corrected chi connectivity index (χ0v) is 10.5. The average Bonchev–Trinajstić information content (AvgIpc) is 2.81. The Bertz CT molecular complexity index is 454. The lowest BCUT2D eigenvalue weighted by atomic mass is 10.1. The summed E-state index contributed by atoms with van der Waals surface area (Å²) in [7, 11) is 1.61. The van der Waals surface area contributed by atoms with E-state index in [1.165, 1.54) is 0 Å². The predicted octanol–water partition coefficient (Wildman–Crippen LogP) is 2.14. The van der Waals surface area contributed by atoms with Crippen LogP contribution in [0, 0.1) is 17.2 Å². The minimum atomic E-state index is -0.155. The molecule has 1 aliphatic rings. The Morgan fingerprint density at radius 2 is 2.33 bits per heavy atom. The normalized spacial score (nSPS) is 22.5. The van der Waals surface area contributed by atoms with Crippen LogP contribution < -0.4 is 10.1 Å². The molecule has 2 unspecified atom stereocenters. The lowest BCUT2D eigenvalue weighted by Gasteiger charge is -2.14. The summed E-state index contributed by atoms with van der Waals surface area (Å²) in [5.41, 5.74) is 1.42. The van der Waals surface area contributed by atoms with Crippen molar-refractivity contribution in [2.45, 2.75) is 25.4 Å². The van der Waals surface area contributed by atoms with Crippen LogP contribution in [-0.2, 0) is 0 Å². The fraction of sp³-hybridized carbons (Fsp3) is 0.500. The Morgan fingerprint density at radius 1 is 1.50 bits per heavy atom. The van der Waals surface area contributed by atoms with Crippen LogP contribution >= 0.6 is 0 Å². The van der Waals surface area contributed by atoms with Gasteiger partial charge in [0.25, 0.3) is 0 Å². The number of nitriles is 1. The quantitative estimate of drug-likeness (QED) is 0.854. The van der Waals surface area contributed by atoms with Gasteiger partial charge in [0.2, 0.25) is 0 Å². The fourth-order valence-electron chi connectivity index (χ4n) is 2.38. The van der Waals surface area contributed by atoms with E-state index >= 15 is 0 Å². The SMILES string of the molecule is COc1ccc(C#N)c(NCC2CCC(O)C2)c1. The second kappa shape index (κ2) is 5.74. The van der Waals surface area contributed by atoms with Crippen LogP contribution in [0.1, 0.15) is 24.8 Å². The van der Waals surface area contributed by atoms with E-state index in [0.717, 1.165) is 37.2 Å². The highest BCUT2D eigenvalue weighted by Gasteiger charge is 2.22. The molecule has 0 saturated heterocycles. The molecule has 4 heteroatoms. The van der Waals surface area contributed by atoms with Gasteiger partial charge in [-0.15, -0.1) is 0 Å². The summed E-state index contributed by atoms with van der Waals surface area (Å²) in [6, 6.07) is 7.54. The first-order valence-corrected chi connectivity index (χ1v) is 6.23. The monoisotopic (exact) mass is 246 g/mol. The molecule has 0 aliphatic heterocycles. The van der Waals surface area contributed by atoms with Gasteiger partial charge >= 0.3 is 0 Å². The molecule has 0 aromatic heterocycles. The van der Waals surface area contributed by atoms with Crippen molar-refractivity contribution in [3.63, 3.8) is 0 Å². The number of nitrogens with zero attached hydrogens (tertiary/aromatic N) is 1. The van der Waals surface area contributed by atoms with Crippen molar-refractivity contribution >= 4 is 5.69 Å². The molecule has 1 saturated carbocycles. The molecule has 0 bridgehead atoms. The van der Waals surface area contributed by atoms with Crippen molar-refractivity contribution in [1.82, 2.24) is 0 Å². The van der Waals surface area contributed by atoms with Crippen LogP contribution in [0.4, 0.5) is 5.69 Å². The Labute approximate surface area is 107 Å². The third kappa shape index (κ3) is 2.93. The van der Waals surface area contributed by atoms with Gasteiger partial charge in [0.15, 0.2) is 0 Å². The van der Waals surface area contributed by atoms with Crippen LogP contribution in [0.25, 0.3) is 0 Å². The van der Waals surface area contributed by atoms with Gasteiger partial charge in [-0.2, -0.15) is 5.26 Å². The molecule has 1 fully saturated rings. The van der Waals surface area contributed by atoms with Crippen molar-refractivity contribution in [2.75, 3.05) is 19.0 Å². The highest BCUT2D eigenvalue weighted by Crippen LogP contribution is 2.27. The van der Waals surface area contributed by atoms with Crippen LogP contribution in [0.5, 0.6) is 5.75 Å². The zero-order chi connectivity index (χ0) is 13.0. The van der Waals surface area contributed by atoms with E-state index in [-0.39, 0.29) is 6.10 Å². The van der Waals surface area contributed by atoms with E-state index in [4.69, 9.17) is 10.00 Å². The van der Waals surface area contributed by atoms with Gasteiger partial charge in [-0.3, -0.25) is 0 Å². The van der Waals surface area contributed by atoms with Crippen molar-refractivity contribution in [2.24, 2.45) is 5.92 Å². The number of benzene rings is 1. The summed E-state index contributed by atoms with van der Waals surface area (Å²) in [5.74, 6) is 1.22. The first kappa shape index (κ1) is 12.7. The van der Waals surface area contributed by atoms with E-state index in [1.54, 1.807) is 19.2 Å². The maximum absolute atomic E-state index is 9.48. The second-order valence-electron chi connectivity index (χ2n) is 4.74. The summed E-state index contributed by atoms with van der Waals surface area (Å²) < 4.78 is 5.15. The third-order valence-electron chi connectivity index (χ3n) is 3.44. The molecule has 2 atom stereocenters. The predicted molar refractivity (Wildman–Crippen MR) is 69.5 cm³/mol. The first-order chi connectivity index (χ1) is 8.72. The van der Waals surface area contributed by atoms with Crippen LogP contribution in [0.15, 0.2) is 18.2 Å². The van der Waals surface area contributed by atoms with Crippen LogP contribution in [0.2, 0.25) is 0 Å². The van der Waals surface area contributed by atoms with Gasteiger partial charge in [-0.1, -0.05) is 0 Å². The molecule has 1 aromatic rings. The Kier molecular flexibility index (Phi) is 4.06. The number of aliphatic hydroxyl groups is 1. The van der Waals surface area contributed by atoms with Gasteiger partial charge < -0.3 is 15.2 Å². The number of aliphatic hydroxyl groups excluding tert-OH is 1. The molecule has 1 aliphatic carbocycles. The highest BCUT2D eigenvalue weighted by molar-refractivity contribution is 5.60. The molecule has 2 N–H and O–H groups in total. The molecule has 0 spiro atoms. The van der Waals surface area contributed by atoms with E-state index in [9.17, 15) is 5.11 Å². The molecule has 0 heterocycles. The van der Waals surface area contributed by atoms with E-state index in [1.807, 2.05) is 6.07 Å². The summed E-state index contributed by atoms with van der Waals surface area (Å²) in [5, 5.41) is 21.8. The fourth-order valence-corrected chi connectivity index (χ4v) is 2.38. The standard InChI is InChI=1S/C14H18N2O2/c1-18-13-5-3-11(8-15)14(7-13)16-9-10-2-4-12(17)6-10/h3,5,7,10,12,16-17H,2,4,6,9H2,1H3. The minimum absolute atomic E-state index is 0.155. The summed E-state index contributed by atoms with van der Waals surface area (Å²) in [6.07, 6.45) is 2.62. The first-order valence-electron chi connectivity index (χ1n) is 6.23. The molecule has 0 radical (unpaired) electrons. The molecule has 18 heavy (non-hydrogen) atoms. The number of anilines is 1. The van der Waals surface area contributed by atoms with E-state index < -0.39 is 0 Å². The van der Waals surface area contributed by atoms with E-state index in [0.29, 0.717) is 11.5 Å². The van der Waals surface area contributed by atoms with E-state index in [2.05, 4.69) is 11.4 Å². The molecule has 0 amide bonds. The van der Waals surface area contributed by atoms with Gasteiger partial charge in [0, 0.05) is 12.6 Å². The molecular weight excluding hydrogens is 228 g/mol. The number of rotatable bonds is 4. The maximum atomic E-state index is 9.48.